The summed E-state index contributed by atoms with van der Waals surface area (Å²) < 4.78 is 10.7. The van der Waals surface area contributed by atoms with E-state index in [9.17, 15) is 4.91 Å². The second kappa shape index (κ2) is 9.47. The SMILES string of the molecule is CN=C1C(=NOCCO)Oc2ccccc21.CNc1c(N=O)oc2ccccc12. The molecule has 1 aromatic heterocycles. The van der Waals surface area contributed by atoms with E-state index in [0.29, 0.717) is 22.9 Å². The van der Waals surface area contributed by atoms with Gasteiger partial charge in [-0.25, -0.2) is 0 Å². The Kier molecular flexibility index (Phi) is 6.54. The van der Waals surface area contributed by atoms with E-state index >= 15 is 0 Å². The summed E-state index contributed by atoms with van der Waals surface area (Å²) in [5.41, 5.74) is 2.87. The number of para-hydroxylation sites is 2. The van der Waals surface area contributed by atoms with Crippen LogP contribution in [0.3, 0.4) is 0 Å². The van der Waals surface area contributed by atoms with E-state index in [2.05, 4.69) is 20.6 Å². The lowest BCUT2D eigenvalue weighted by atomic mass is 10.1. The molecule has 2 N–H and O–H groups in total. The van der Waals surface area contributed by atoms with Gasteiger partial charge in [-0.1, -0.05) is 24.3 Å². The Morgan fingerprint density at radius 1 is 1.14 bits per heavy atom. The lowest BCUT2D eigenvalue weighted by Gasteiger charge is -1.98. The number of oxime groups is 1. The van der Waals surface area contributed by atoms with Gasteiger partial charge in [-0.2, -0.15) is 0 Å². The van der Waals surface area contributed by atoms with Crippen molar-refractivity contribution >= 4 is 34.2 Å². The molecule has 0 spiro atoms. The van der Waals surface area contributed by atoms with Crippen LogP contribution in [0.4, 0.5) is 11.6 Å². The quantitative estimate of drug-likeness (QED) is 0.386. The van der Waals surface area contributed by atoms with E-state index in [4.69, 9.17) is 19.1 Å². The van der Waals surface area contributed by atoms with Crippen LogP contribution in [0.5, 0.6) is 5.75 Å². The third kappa shape index (κ3) is 4.25. The topological polar surface area (TPSA) is 118 Å². The molecule has 0 atom stereocenters. The zero-order chi connectivity index (χ0) is 20.6. The second-order valence-electron chi connectivity index (χ2n) is 5.74. The molecule has 4 rings (SSSR count). The number of benzene rings is 2. The summed E-state index contributed by atoms with van der Waals surface area (Å²) in [5, 5.41) is 18.9. The number of aliphatic imine (C=N–C) groups is 1. The van der Waals surface area contributed by atoms with Crippen LogP contribution in [-0.4, -0.2) is 44.0 Å². The van der Waals surface area contributed by atoms with Gasteiger partial charge in [0.1, 0.15) is 29.3 Å². The molecule has 3 aromatic rings. The lowest BCUT2D eigenvalue weighted by molar-refractivity contribution is 0.0961. The monoisotopic (exact) mass is 396 g/mol. The molecule has 150 valence electrons. The zero-order valence-electron chi connectivity index (χ0n) is 16.0. The fourth-order valence-electron chi connectivity index (χ4n) is 2.78. The lowest BCUT2D eigenvalue weighted by Crippen LogP contribution is -2.14. The molecule has 0 fully saturated rings. The van der Waals surface area contributed by atoms with Crippen LogP contribution in [0.25, 0.3) is 11.0 Å². The molecule has 0 aliphatic carbocycles. The first-order chi connectivity index (χ1) is 14.2. The van der Waals surface area contributed by atoms with Gasteiger partial charge in [-0.05, 0) is 29.4 Å². The molecule has 0 amide bonds. The van der Waals surface area contributed by atoms with Crippen molar-refractivity contribution < 1.29 is 19.1 Å². The number of aliphatic hydroxyl groups is 1. The zero-order valence-corrected chi connectivity index (χ0v) is 16.0. The van der Waals surface area contributed by atoms with Crippen molar-refractivity contribution in [3.8, 4) is 5.75 Å². The highest BCUT2D eigenvalue weighted by molar-refractivity contribution is 6.48. The molecule has 0 saturated carbocycles. The largest absolute Gasteiger partial charge is 0.434 e. The number of nitrogens with zero attached hydrogens (tertiary/aromatic N) is 3. The molecule has 1 aliphatic heterocycles. The molecule has 9 nitrogen and oxygen atoms in total. The first-order valence-corrected chi connectivity index (χ1v) is 8.81. The van der Waals surface area contributed by atoms with E-state index in [-0.39, 0.29) is 19.1 Å². The molecule has 2 aromatic carbocycles. The second-order valence-corrected chi connectivity index (χ2v) is 5.74. The van der Waals surface area contributed by atoms with Gasteiger partial charge in [-0.3, -0.25) is 4.99 Å². The van der Waals surface area contributed by atoms with Gasteiger partial charge in [-0.15, -0.1) is 4.91 Å². The van der Waals surface area contributed by atoms with Gasteiger partial charge in [0.25, 0.3) is 11.8 Å². The summed E-state index contributed by atoms with van der Waals surface area (Å²) in [6, 6.07) is 14.9. The molecule has 0 bridgehead atoms. The minimum absolute atomic E-state index is 0.0810. The standard InChI is InChI=1S/C11H12N2O3.C9H8N2O2/c1-12-10-8-4-2-3-5-9(8)16-11(10)13-15-7-6-14;1-10-8-6-4-2-3-5-7(6)13-9(8)11-12/h2-5,14H,6-7H2,1H3;2-5,10H,1H3. The highest BCUT2D eigenvalue weighted by atomic mass is 16.7. The van der Waals surface area contributed by atoms with Crippen molar-refractivity contribution in [1.82, 2.24) is 0 Å². The number of anilines is 1. The number of nitrogens with one attached hydrogen (secondary N) is 1. The van der Waals surface area contributed by atoms with Crippen molar-refractivity contribution in [3.63, 3.8) is 0 Å². The first kappa shape index (κ1) is 20.0. The summed E-state index contributed by atoms with van der Waals surface area (Å²) in [5.74, 6) is 1.15. The molecule has 2 heterocycles. The Labute approximate surface area is 166 Å². The van der Waals surface area contributed by atoms with Gasteiger partial charge in [0.05, 0.1) is 6.61 Å². The van der Waals surface area contributed by atoms with E-state index in [1.807, 2.05) is 42.5 Å². The Hall–Kier alpha value is -3.72. The highest BCUT2D eigenvalue weighted by Crippen LogP contribution is 2.36. The number of fused-ring (bicyclic) bond motifs is 2. The maximum absolute atomic E-state index is 10.4. The van der Waals surface area contributed by atoms with Gasteiger partial charge in [0, 0.05) is 30.2 Å². The van der Waals surface area contributed by atoms with Crippen molar-refractivity contribution in [1.29, 1.82) is 0 Å². The summed E-state index contributed by atoms with van der Waals surface area (Å²) >= 11 is 0. The average Bonchev–Trinajstić information content (AvgIpc) is 3.31. The number of hydrogen-bond donors (Lipinski definition) is 2. The van der Waals surface area contributed by atoms with Crippen LogP contribution in [0, 0.1) is 4.91 Å². The molecule has 9 heteroatoms. The van der Waals surface area contributed by atoms with Crippen LogP contribution >= 0.6 is 0 Å². The molecule has 0 radical (unpaired) electrons. The van der Waals surface area contributed by atoms with Gasteiger partial charge in [0.15, 0.2) is 0 Å². The van der Waals surface area contributed by atoms with Gasteiger partial charge < -0.3 is 24.4 Å². The summed E-state index contributed by atoms with van der Waals surface area (Å²) in [7, 11) is 3.40. The molecule has 29 heavy (non-hydrogen) atoms. The van der Waals surface area contributed by atoms with Crippen molar-refractivity contribution in [2.24, 2.45) is 15.3 Å². The highest BCUT2D eigenvalue weighted by Gasteiger charge is 2.26. The predicted octanol–water partition coefficient (Wildman–Crippen LogP) is 3.69. The molecule has 1 aliphatic rings. The first-order valence-electron chi connectivity index (χ1n) is 8.81. The summed E-state index contributed by atoms with van der Waals surface area (Å²) in [4.78, 5) is 19.3. The molecular weight excluding hydrogens is 376 g/mol. The van der Waals surface area contributed by atoms with Crippen LogP contribution in [0.15, 0.2) is 68.3 Å². The van der Waals surface area contributed by atoms with E-state index in [1.165, 1.54) is 0 Å². The summed E-state index contributed by atoms with van der Waals surface area (Å²) in [6.45, 7) is 0.0581. The third-order valence-electron chi connectivity index (χ3n) is 4.01. The molecular formula is C20H20N4O5. The Morgan fingerprint density at radius 2 is 1.90 bits per heavy atom. The number of hydrogen-bond acceptors (Lipinski definition) is 9. The number of ether oxygens (including phenoxy) is 1. The maximum Gasteiger partial charge on any atom is 0.285 e. The van der Waals surface area contributed by atoms with E-state index in [0.717, 1.165) is 16.7 Å². The van der Waals surface area contributed by atoms with Crippen LogP contribution in [-0.2, 0) is 4.84 Å². The van der Waals surface area contributed by atoms with Crippen LogP contribution < -0.4 is 10.1 Å². The number of furan rings is 1. The Bertz CT molecular complexity index is 1060. The van der Waals surface area contributed by atoms with Crippen molar-refractivity contribution in [2.45, 2.75) is 0 Å². The fraction of sp³-hybridized carbons (Fsp3) is 0.200. The molecule has 0 saturated heterocycles. The minimum atomic E-state index is -0.0810. The molecule has 0 unspecified atom stereocenters. The Morgan fingerprint density at radius 3 is 2.62 bits per heavy atom. The van der Waals surface area contributed by atoms with Crippen molar-refractivity contribution in [3.05, 3.63) is 59.0 Å². The number of aliphatic hydroxyl groups excluding tert-OH is 1. The van der Waals surface area contributed by atoms with Crippen LogP contribution in [0.2, 0.25) is 0 Å². The minimum Gasteiger partial charge on any atom is -0.434 e. The van der Waals surface area contributed by atoms with Crippen molar-refractivity contribution in [2.75, 3.05) is 32.6 Å². The van der Waals surface area contributed by atoms with E-state index in [1.54, 1.807) is 20.2 Å². The predicted molar refractivity (Wildman–Crippen MR) is 111 cm³/mol. The average molecular weight is 396 g/mol. The normalized spacial score (nSPS) is 14.9. The maximum atomic E-state index is 10.4. The van der Waals surface area contributed by atoms with E-state index < -0.39 is 0 Å². The number of nitroso groups, excluding NO2 is 1. The smallest absolute Gasteiger partial charge is 0.285 e. The van der Waals surface area contributed by atoms with Gasteiger partial charge >= 0.3 is 0 Å². The Balaban J connectivity index is 0.000000169. The summed E-state index contributed by atoms with van der Waals surface area (Å²) in [6.07, 6.45) is 0. The third-order valence-corrected chi connectivity index (χ3v) is 4.01. The van der Waals surface area contributed by atoms with Gasteiger partial charge in [0.2, 0.25) is 0 Å². The number of rotatable bonds is 5. The van der Waals surface area contributed by atoms with Crippen LogP contribution in [0.1, 0.15) is 5.56 Å². The fourth-order valence-corrected chi connectivity index (χ4v) is 2.78.